The number of methoxy groups -OCH3 is 1. The predicted molar refractivity (Wildman–Crippen MR) is 267 cm³/mol. The molecule has 1 aromatic rings. The van der Waals surface area contributed by atoms with Crippen LogP contribution in [-0.2, 0) is 64.0 Å². The van der Waals surface area contributed by atoms with E-state index >= 15 is 0 Å². The van der Waals surface area contributed by atoms with E-state index in [-0.39, 0.29) is 37.0 Å². The van der Waals surface area contributed by atoms with Gasteiger partial charge in [-0.2, -0.15) is 24.9 Å². The van der Waals surface area contributed by atoms with E-state index in [1.54, 1.807) is 22.9 Å². The Bertz CT molecular complexity index is 2650. The van der Waals surface area contributed by atoms with E-state index in [0.717, 1.165) is 16.7 Å². The van der Waals surface area contributed by atoms with Crippen molar-refractivity contribution in [1.82, 2.24) is 42.1 Å². The summed E-state index contributed by atoms with van der Waals surface area (Å²) in [6, 6.07) is -9.91. The molecule has 76 heavy (non-hydrogen) atoms. The van der Waals surface area contributed by atoms with Crippen LogP contribution < -0.4 is 59.2 Å². The molecule has 8 unspecified atom stereocenters. The minimum atomic E-state index is -5.46. The fraction of sp³-hybridized carbons (Fsp3) is 0.617. The number of ether oxygens (including phenoxy) is 1. The van der Waals surface area contributed by atoms with Gasteiger partial charge in [-0.15, -0.1) is 0 Å². The van der Waals surface area contributed by atoms with Crippen molar-refractivity contribution < 1.29 is 94.3 Å². The molecule has 11 amide bonds. The van der Waals surface area contributed by atoms with E-state index in [1.807, 2.05) is 0 Å². The zero-order valence-electron chi connectivity index (χ0n) is 51.5. The molecular weight excluding hydrogens is 1030 g/mol. The summed E-state index contributed by atoms with van der Waals surface area (Å²) >= 11 is 0.854. The molecular formula is C47H70F3N11O14S. The Morgan fingerprint density at radius 2 is 1.45 bits per heavy atom. The third-order valence-corrected chi connectivity index (χ3v) is 12.3. The van der Waals surface area contributed by atoms with E-state index in [0.29, 0.717) is 5.75 Å². The van der Waals surface area contributed by atoms with Crippen LogP contribution in [0.3, 0.4) is 0 Å². The van der Waals surface area contributed by atoms with Crippen LogP contribution in [0.2, 0.25) is 0 Å². The summed E-state index contributed by atoms with van der Waals surface area (Å²) in [6.07, 6.45) is -13.6. The third kappa shape index (κ3) is 22.7. The average molecular weight is 1110 g/mol. The van der Waals surface area contributed by atoms with Gasteiger partial charge < -0.3 is 69.2 Å². The molecule has 0 saturated carbocycles. The SMILES string of the molecule is [2H]C([2H])([2H])C([2H])(C([2H])([2H])[2H])C([2H])([2H])C([2H])(NC(=O)C1CCCN1C(=O)C(CSCCCC(=O)O)NC(=O)C(CC(N)=O)NC(=O)C(CCC(N)=O)NC(=O)C(NC(=O)C(Cc1ccc(OC)cc1)NC(=O)C(F)(F)F)C(C)CC)C(=O)NCC(N)=O. The summed E-state index contributed by atoms with van der Waals surface area (Å²) in [5.74, 6) is -22.9. The minimum absolute atomic E-state index is 0.0130. The van der Waals surface area contributed by atoms with Crippen molar-refractivity contribution in [2.45, 2.75) is 140 Å². The topological polar surface area (TPSA) is 400 Å². The highest BCUT2D eigenvalue weighted by Crippen LogP contribution is 2.22. The summed E-state index contributed by atoms with van der Waals surface area (Å²) in [5, 5.41) is 23.1. The molecule has 1 aliphatic rings. The Balaban J connectivity index is 2.64. The van der Waals surface area contributed by atoms with E-state index < -0.39 is 202 Å². The Morgan fingerprint density at radius 1 is 0.829 bits per heavy atom. The molecule has 0 bridgehead atoms. The second-order valence-electron chi connectivity index (χ2n) is 17.1. The highest BCUT2D eigenvalue weighted by molar-refractivity contribution is 7.99. The first-order chi connectivity index (χ1) is 39.5. The van der Waals surface area contributed by atoms with Gasteiger partial charge in [-0.3, -0.25) is 57.5 Å². The van der Waals surface area contributed by atoms with E-state index in [2.05, 4.69) is 21.3 Å². The Kier molecular flexibility index (Phi) is 20.7. The molecule has 0 aromatic heterocycles. The van der Waals surface area contributed by atoms with E-state index in [1.165, 1.54) is 38.3 Å². The number of amides is 11. The number of halogens is 3. The number of nitrogens with two attached hydrogens (primary N) is 3. The molecule has 2 rings (SSSR count). The summed E-state index contributed by atoms with van der Waals surface area (Å²) in [6.45, 7) is -6.98. The average Bonchev–Trinajstić information content (AvgIpc) is 0.776. The summed E-state index contributed by atoms with van der Waals surface area (Å²) in [4.78, 5) is 159. The van der Waals surface area contributed by atoms with Crippen molar-refractivity contribution in [2.24, 2.45) is 29.0 Å². The fourth-order valence-corrected chi connectivity index (χ4v) is 8.09. The molecule has 29 heteroatoms. The maximum atomic E-state index is 14.6. The first-order valence-corrected chi connectivity index (χ1v) is 24.4. The third-order valence-electron chi connectivity index (χ3n) is 11.2. The van der Waals surface area contributed by atoms with Crippen molar-refractivity contribution in [3.8, 4) is 5.75 Å². The quantitative estimate of drug-likeness (QED) is 0.0344. The lowest BCUT2D eigenvalue weighted by atomic mass is 9.96. The van der Waals surface area contributed by atoms with Crippen LogP contribution in [0.1, 0.15) is 105 Å². The first-order valence-electron chi connectivity index (χ1n) is 28.3. The maximum Gasteiger partial charge on any atom is 0.471 e. The first kappa shape index (κ1) is 49.7. The Morgan fingerprint density at radius 3 is 2.01 bits per heavy atom. The smallest absolute Gasteiger partial charge is 0.471 e. The van der Waals surface area contributed by atoms with Gasteiger partial charge in [0.2, 0.25) is 59.1 Å². The lowest BCUT2D eigenvalue weighted by Crippen LogP contribution is -2.61. The molecule has 1 saturated heterocycles. The number of carbonyl (C=O) groups is 12. The molecule has 1 aromatic carbocycles. The molecule has 1 heterocycles. The number of carbonyl (C=O) groups excluding carboxylic acids is 11. The second-order valence-corrected chi connectivity index (χ2v) is 18.2. The summed E-state index contributed by atoms with van der Waals surface area (Å²) < 4.78 is 127. The molecule has 0 spiro atoms. The largest absolute Gasteiger partial charge is 0.497 e. The Hall–Kier alpha value is -7.20. The van der Waals surface area contributed by atoms with Crippen LogP contribution in [0.4, 0.5) is 13.2 Å². The number of nitrogens with zero attached hydrogens (tertiary/aromatic N) is 1. The van der Waals surface area contributed by atoms with Gasteiger partial charge in [0, 0.05) is 43.9 Å². The van der Waals surface area contributed by atoms with Crippen LogP contribution in [0.5, 0.6) is 5.75 Å². The molecule has 424 valence electrons. The molecule has 25 nitrogen and oxygen atoms in total. The standard InChI is InChI=1S/C47H70F3N11O14S/c1-6-25(4)38(60-42(70)30(59-46(74)47(48,49)50)20-26-11-13-27(75-5)14-12-26)44(72)55-28(15-16-34(51)62)40(68)56-31(21-35(52)63)41(69)58-32(23-76-18-8-10-37(65)66)45(73)61-17-7-9-33(61)43(71)57-29(19-24(2)3)39(67)54-22-36(53)64/h11-14,24-25,28-33,38H,6-10,15-23H2,1-5H3,(H2,51,62)(H2,52,63)(H2,53,64)(H,54,67)(H,55,72)(H,56,68)(H,57,71)(H,58,69)(H,59,74)(H,60,70)(H,65,66)/i2D3,3D3,19D2,24D,29D. The predicted octanol–water partition coefficient (Wildman–Crippen LogP) is -1.87. The molecule has 8 atom stereocenters. The number of primary amides is 3. The number of likely N-dealkylation sites (tertiary alicyclic amines) is 1. The Labute approximate surface area is 455 Å². The molecule has 1 aliphatic heterocycles. The van der Waals surface area contributed by atoms with Crippen molar-refractivity contribution >= 4 is 82.7 Å². The van der Waals surface area contributed by atoms with Crippen molar-refractivity contribution in [3.05, 3.63) is 29.8 Å². The van der Waals surface area contributed by atoms with Crippen molar-refractivity contribution in [3.63, 3.8) is 0 Å². The lowest BCUT2D eigenvalue weighted by molar-refractivity contribution is -0.174. The van der Waals surface area contributed by atoms with Crippen LogP contribution in [0.25, 0.3) is 0 Å². The monoisotopic (exact) mass is 1110 g/mol. The molecule has 0 aliphatic carbocycles. The number of nitrogens with one attached hydrogen (secondary N) is 7. The molecule has 14 N–H and O–H groups in total. The van der Waals surface area contributed by atoms with Crippen molar-refractivity contribution in [2.75, 3.05) is 31.7 Å². The van der Waals surface area contributed by atoms with Crippen LogP contribution in [-0.4, -0.2) is 161 Å². The number of aliphatic carboxylic acids is 1. The second kappa shape index (κ2) is 31.6. The van der Waals surface area contributed by atoms with Crippen LogP contribution in [0.15, 0.2) is 24.3 Å². The van der Waals surface area contributed by atoms with Gasteiger partial charge in [0.05, 0.1) is 21.4 Å². The molecule has 0 radical (unpaired) electrons. The van der Waals surface area contributed by atoms with Gasteiger partial charge in [-0.05, 0) is 67.3 Å². The number of carboxylic acids is 1. The number of alkyl halides is 3. The lowest BCUT2D eigenvalue weighted by Gasteiger charge is -2.31. The number of thioether (sulfide) groups is 1. The van der Waals surface area contributed by atoms with Gasteiger partial charge in [0.1, 0.15) is 48.0 Å². The van der Waals surface area contributed by atoms with E-state index in [4.69, 9.17) is 35.6 Å². The van der Waals surface area contributed by atoms with Gasteiger partial charge >= 0.3 is 18.1 Å². The fourth-order valence-electron chi connectivity index (χ4n) is 7.11. The van der Waals surface area contributed by atoms with Crippen LogP contribution >= 0.6 is 11.8 Å². The summed E-state index contributed by atoms with van der Waals surface area (Å²) in [5.41, 5.74) is 16.1. The van der Waals surface area contributed by atoms with E-state index in [9.17, 15) is 75.8 Å². The summed E-state index contributed by atoms with van der Waals surface area (Å²) in [7, 11) is 1.34. The van der Waals surface area contributed by atoms with Gasteiger partial charge in [-0.1, -0.05) is 46.1 Å². The van der Waals surface area contributed by atoms with Gasteiger partial charge in [0.15, 0.2) is 0 Å². The molecule has 1 fully saturated rings. The number of hydrogen-bond acceptors (Lipinski definition) is 14. The number of hydrogen-bond donors (Lipinski definition) is 11. The van der Waals surface area contributed by atoms with Gasteiger partial charge in [0.25, 0.3) is 0 Å². The normalized spacial score (nSPS) is 19.0. The zero-order chi connectivity index (χ0) is 66.1. The number of rotatable bonds is 33. The van der Waals surface area contributed by atoms with Gasteiger partial charge in [-0.25, -0.2) is 0 Å². The highest BCUT2D eigenvalue weighted by atomic mass is 32.2. The number of carboxylic acid groups (broad SMARTS) is 1. The zero-order valence-corrected chi connectivity index (χ0v) is 42.3. The number of benzene rings is 1. The highest BCUT2D eigenvalue weighted by Gasteiger charge is 2.43. The minimum Gasteiger partial charge on any atom is -0.497 e. The van der Waals surface area contributed by atoms with Crippen LogP contribution in [0, 0.1) is 11.8 Å². The van der Waals surface area contributed by atoms with Crippen molar-refractivity contribution in [1.29, 1.82) is 0 Å². The maximum absolute atomic E-state index is 14.6.